The fourth-order valence-corrected chi connectivity index (χ4v) is 2.83. The second-order valence-electron chi connectivity index (χ2n) is 4.13. The largest absolute Gasteiger partial charge is 0.355 e. The number of rotatable bonds is 2. The lowest BCUT2D eigenvalue weighted by atomic mass is 9.88. The van der Waals surface area contributed by atoms with Crippen LogP contribution < -0.4 is 10.6 Å². The Morgan fingerprint density at radius 1 is 1.31 bits per heavy atom. The van der Waals surface area contributed by atoms with Crippen molar-refractivity contribution in [2.24, 2.45) is 11.8 Å². The Morgan fingerprint density at radius 3 is 2.62 bits per heavy atom. The van der Waals surface area contributed by atoms with Crippen molar-refractivity contribution in [3.63, 3.8) is 0 Å². The monoisotopic (exact) mass is 182 g/mol. The molecule has 74 valence electrons. The second kappa shape index (κ2) is 3.29. The highest BCUT2D eigenvalue weighted by Gasteiger charge is 2.48. The van der Waals surface area contributed by atoms with E-state index in [1.54, 1.807) is 0 Å². The van der Waals surface area contributed by atoms with Gasteiger partial charge in [0, 0.05) is 24.5 Å². The lowest BCUT2D eigenvalue weighted by Gasteiger charge is -2.14. The Bertz CT molecular complexity index is 217. The van der Waals surface area contributed by atoms with Crippen LogP contribution >= 0.6 is 0 Å². The Morgan fingerprint density at radius 2 is 2.00 bits per heavy atom. The zero-order valence-electron chi connectivity index (χ0n) is 8.34. The summed E-state index contributed by atoms with van der Waals surface area (Å²) in [6.07, 6.45) is 2.19. The minimum absolute atomic E-state index is 0.245. The van der Waals surface area contributed by atoms with Gasteiger partial charge in [-0.25, -0.2) is 0 Å². The van der Waals surface area contributed by atoms with Crippen molar-refractivity contribution in [2.75, 3.05) is 6.54 Å². The number of amides is 1. The average molecular weight is 182 g/mol. The quantitative estimate of drug-likeness (QED) is 0.653. The van der Waals surface area contributed by atoms with Crippen LogP contribution in [-0.2, 0) is 4.79 Å². The summed E-state index contributed by atoms with van der Waals surface area (Å²) in [6.45, 7) is 5.22. The zero-order valence-corrected chi connectivity index (χ0v) is 8.34. The third-order valence-corrected chi connectivity index (χ3v) is 3.53. The average Bonchev–Trinajstić information content (AvgIpc) is 2.67. The van der Waals surface area contributed by atoms with Crippen molar-refractivity contribution in [3.05, 3.63) is 0 Å². The summed E-state index contributed by atoms with van der Waals surface area (Å²) in [4.78, 5) is 11.5. The molecule has 2 fully saturated rings. The molecule has 0 bridgehead atoms. The summed E-state index contributed by atoms with van der Waals surface area (Å²) < 4.78 is 0. The van der Waals surface area contributed by atoms with Gasteiger partial charge in [0.1, 0.15) is 0 Å². The van der Waals surface area contributed by atoms with Crippen LogP contribution in [-0.4, -0.2) is 24.5 Å². The van der Waals surface area contributed by atoms with Crippen molar-refractivity contribution < 1.29 is 4.79 Å². The van der Waals surface area contributed by atoms with E-state index in [0.29, 0.717) is 18.0 Å². The Kier molecular flexibility index (Phi) is 2.28. The maximum absolute atomic E-state index is 11.5. The first-order valence-electron chi connectivity index (χ1n) is 5.31. The third-order valence-electron chi connectivity index (χ3n) is 3.53. The van der Waals surface area contributed by atoms with Crippen LogP contribution in [0, 0.1) is 11.8 Å². The first-order chi connectivity index (χ1) is 6.27. The van der Waals surface area contributed by atoms with Crippen LogP contribution in [0.15, 0.2) is 0 Å². The molecule has 2 aliphatic heterocycles. The smallest absolute Gasteiger partial charge is 0.225 e. The minimum Gasteiger partial charge on any atom is -0.355 e. The van der Waals surface area contributed by atoms with E-state index in [4.69, 9.17) is 0 Å². The van der Waals surface area contributed by atoms with Crippen molar-refractivity contribution in [1.82, 2.24) is 10.6 Å². The predicted molar refractivity (Wildman–Crippen MR) is 51.3 cm³/mol. The highest BCUT2D eigenvalue weighted by molar-refractivity contribution is 5.82. The van der Waals surface area contributed by atoms with E-state index in [2.05, 4.69) is 24.5 Å². The molecule has 4 atom stereocenters. The SMILES string of the molecule is CCC1NC(CC)C2C(=O)NCC12. The van der Waals surface area contributed by atoms with Crippen molar-refractivity contribution in [1.29, 1.82) is 0 Å². The van der Waals surface area contributed by atoms with Gasteiger partial charge >= 0.3 is 0 Å². The first kappa shape index (κ1) is 9.00. The molecule has 2 N–H and O–H groups in total. The van der Waals surface area contributed by atoms with Crippen molar-refractivity contribution in [2.45, 2.75) is 38.8 Å². The first-order valence-corrected chi connectivity index (χ1v) is 5.31. The molecule has 0 radical (unpaired) electrons. The summed E-state index contributed by atoms with van der Waals surface area (Å²) in [5.74, 6) is 1.05. The summed E-state index contributed by atoms with van der Waals surface area (Å²) in [7, 11) is 0. The topological polar surface area (TPSA) is 41.1 Å². The number of hydrogen-bond acceptors (Lipinski definition) is 2. The zero-order chi connectivity index (χ0) is 9.42. The van der Waals surface area contributed by atoms with Gasteiger partial charge in [0.15, 0.2) is 0 Å². The van der Waals surface area contributed by atoms with Crippen molar-refractivity contribution >= 4 is 5.91 Å². The van der Waals surface area contributed by atoms with Crippen molar-refractivity contribution in [3.8, 4) is 0 Å². The lowest BCUT2D eigenvalue weighted by molar-refractivity contribution is -0.123. The van der Waals surface area contributed by atoms with Gasteiger partial charge in [-0.2, -0.15) is 0 Å². The van der Waals surface area contributed by atoms with Gasteiger partial charge in [0.2, 0.25) is 5.91 Å². The molecule has 0 aromatic rings. The van der Waals surface area contributed by atoms with Gasteiger partial charge < -0.3 is 10.6 Å². The van der Waals surface area contributed by atoms with Crippen LogP contribution in [0.2, 0.25) is 0 Å². The van der Waals surface area contributed by atoms with Gasteiger partial charge in [-0.1, -0.05) is 13.8 Å². The van der Waals surface area contributed by atoms with Crippen LogP contribution in [0.25, 0.3) is 0 Å². The number of carbonyl (C=O) groups excluding carboxylic acids is 1. The van der Waals surface area contributed by atoms with Crippen LogP contribution in [0.3, 0.4) is 0 Å². The van der Waals surface area contributed by atoms with E-state index < -0.39 is 0 Å². The van der Waals surface area contributed by atoms with E-state index in [0.717, 1.165) is 19.4 Å². The molecular weight excluding hydrogens is 164 g/mol. The molecule has 13 heavy (non-hydrogen) atoms. The Labute approximate surface area is 79.3 Å². The highest BCUT2D eigenvalue weighted by atomic mass is 16.2. The number of hydrogen-bond donors (Lipinski definition) is 2. The van der Waals surface area contributed by atoms with E-state index in [-0.39, 0.29) is 11.8 Å². The van der Waals surface area contributed by atoms with E-state index in [9.17, 15) is 4.79 Å². The molecule has 2 aliphatic rings. The van der Waals surface area contributed by atoms with E-state index in [1.807, 2.05) is 0 Å². The molecule has 0 saturated carbocycles. The van der Waals surface area contributed by atoms with Crippen LogP contribution in [0.1, 0.15) is 26.7 Å². The minimum atomic E-state index is 0.245. The molecule has 0 aliphatic carbocycles. The maximum atomic E-state index is 11.5. The van der Waals surface area contributed by atoms with E-state index >= 15 is 0 Å². The molecule has 1 amide bonds. The van der Waals surface area contributed by atoms with Gasteiger partial charge in [-0.05, 0) is 12.8 Å². The van der Waals surface area contributed by atoms with E-state index in [1.165, 1.54) is 0 Å². The predicted octanol–water partition coefficient (Wildman–Crippen LogP) is 0.509. The summed E-state index contributed by atoms with van der Waals surface area (Å²) >= 11 is 0. The Hall–Kier alpha value is -0.570. The molecule has 0 aromatic carbocycles. The lowest BCUT2D eigenvalue weighted by Crippen LogP contribution is -2.37. The van der Waals surface area contributed by atoms with Crippen LogP contribution in [0.5, 0.6) is 0 Å². The standard InChI is InChI=1S/C10H18N2O/c1-3-7-6-5-11-10(13)9(6)8(4-2)12-7/h6-9,12H,3-5H2,1-2H3,(H,11,13). The molecule has 3 heteroatoms. The fourth-order valence-electron chi connectivity index (χ4n) is 2.83. The molecule has 3 nitrogen and oxygen atoms in total. The van der Waals surface area contributed by atoms with Gasteiger partial charge in [0.05, 0.1) is 5.92 Å². The molecule has 2 heterocycles. The fraction of sp³-hybridized carbons (Fsp3) is 0.900. The molecule has 2 rings (SSSR count). The second-order valence-corrected chi connectivity index (χ2v) is 4.13. The molecule has 2 saturated heterocycles. The Balaban J connectivity index is 2.16. The molecular formula is C10H18N2O. The van der Waals surface area contributed by atoms with Gasteiger partial charge in [-0.15, -0.1) is 0 Å². The molecule has 0 spiro atoms. The van der Waals surface area contributed by atoms with Crippen LogP contribution in [0.4, 0.5) is 0 Å². The van der Waals surface area contributed by atoms with Gasteiger partial charge in [-0.3, -0.25) is 4.79 Å². The number of carbonyl (C=O) groups is 1. The molecule has 0 aromatic heterocycles. The summed E-state index contributed by atoms with van der Waals surface area (Å²) in [5, 5.41) is 6.53. The molecule has 4 unspecified atom stereocenters. The normalized spacial score (nSPS) is 43.4. The van der Waals surface area contributed by atoms with Gasteiger partial charge in [0.25, 0.3) is 0 Å². The highest BCUT2D eigenvalue weighted by Crippen LogP contribution is 2.33. The third kappa shape index (κ3) is 1.26. The number of nitrogens with one attached hydrogen (secondary N) is 2. The maximum Gasteiger partial charge on any atom is 0.225 e. The number of fused-ring (bicyclic) bond motifs is 1. The summed E-state index contributed by atoms with van der Waals surface area (Å²) in [5.41, 5.74) is 0. The summed E-state index contributed by atoms with van der Waals surface area (Å²) in [6, 6.07) is 0.964.